The van der Waals surface area contributed by atoms with Gasteiger partial charge in [-0.3, -0.25) is 4.79 Å². The van der Waals surface area contributed by atoms with Crippen molar-refractivity contribution < 1.29 is 4.79 Å². The van der Waals surface area contributed by atoms with Gasteiger partial charge < -0.3 is 15.5 Å². The van der Waals surface area contributed by atoms with E-state index in [1.54, 1.807) is 0 Å². The molecule has 1 aromatic rings. The number of likely N-dealkylation sites (N-methyl/N-ethyl adjacent to an activating group) is 1. The predicted molar refractivity (Wildman–Crippen MR) is 73.0 cm³/mol. The Morgan fingerprint density at radius 2 is 2.22 bits per heavy atom. The second-order valence-electron chi connectivity index (χ2n) is 4.80. The number of piperazine rings is 1. The molecule has 2 rings (SSSR count). The molecule has 100 valence electrons. The van der Waals surface area contributed by atoms with Gasteiger partial charge in [0.25, 0.3) is 5.91 Å². The van der Waals surface area contributed by atoms with Crippen molar-refractivity contribution in [3.8, 4) is 0 Å². The van der Waals surface area contributed by atoms with Crippen LogP contribution >= 0.6 is 11.3 Å². The summed E-state index contributed by atoms with van der Waals surface area (Å²) in [7, 11) is 2.06. The smallest absolute Gasteiger partial charge is 0.266 e. The Hall–Kier alpha value is -0.980. The number of hydrogen-bond acceptors (Lipinski definition) is 5. The van der Waals surface area contributed by atoms with Gasteiger partial charge in [0, 0.05) is 26.2 Å². The van der Waals surface area contributed by atoms with Gasteiger partial charge in [0.15, 0.2) is 0 Å². The van der Waals surface area contributed by atoms with E-state index in [1.807, 2.05) is 18.7 Å². The lowest BCUT2D eigenvalue weighted by atomic mass is 10.1. The van der Waals surface area contributed by atoms with E-state index < -0.39 is 0 Å². The molecule has 6 heteroatoms. The molecule has 1 aromatic heterocycles. The van der Waals surface area contributed by atoms with E-state index in [2.05, 4.69) is 16.9 Å². The lowest BCUT2D eigenvalue weighted by Gasteiger charge is -2.39. The van der Waals surface area contributed by atoms with Crippen molar-refractivity contribution in [2.24, 2.45) is 5.73 Å². The van der Waals surface area contributed by atoms with E-state index >= 15 is 0 Å². The number of aromatic nitrogens is 1. The van der Waals surface area contributed by atoms with Crippen molar-refractivity contribution in [2.45, 2.75) is 19.9 Å². The highest BCUT2D eigenvalue weighted by atomic mass is 32.1. The molecule has 1 aliphatic heterocycles. The number of nitrogens with two attached hydrogens (primary N) is 1. The summed E-state index contributed by atoms with van der Waals surface area (Å²) in [6.45, 7) is 6.82. The van der Waals surface area contributed by atoms with E-state index in [9.17, 15) is 4.79 Å². The monoisotopic (exact) mass is 268 g/mol. The number of carbonyl (C=O) groups is 1. The number of thiazole rings is 1. The Labute approximate surface area is 112 Å². The van der Waals surface area contributed by atoms with E-state index in [4.69, 9.17) is 5.73 Å². The molecule has 0 spiro atoms. The van der Waals surface area contributed by atoms with Crippen LogP contribution in [0.25, 0.3) is 0 Å². The van der Waals surface area contributed by atoms with Crippen LogP contribution in [0.5, 0.6) is 0 Å². The van der Waals surface area contributed by atoms with Crippen molar-refractivity contribution in [1.82, 2.24) is 14.8 Å². The second kappa shape index (κ2) is 5.34. The van der Waals surface area contributed by atoms with Gasteiger partial charge >= 0.3 is 0 Å². The quantitative estimate of drug-likeness (QED) is 0.847. The Bertz CT molecular complexity index is 445. The summed E-state index contributed by atoms with van der Waals surface area (Å²) in [6, 6.07) is 0.109. The summed E-state index contributed by atoms with van der Waals surface area (Å²) in [5.74, 6) is 0.0849. The van der Waals surface area contributed by atoms with Gasteiger partial charge in [-0.25, -0.2) is 4.98 Å². The molecule has 1 unspecified atom stereocenters. The van der Waals surface area contributed by atoms with E-state index in [0.717, 1.165) is 35.2 Å². The number of aryl methyl sites for hydroxylation is 2. The summed E-state index contributed by atoms with van der Waals surface area (Å²) >= 11 is 1.47. The van der Waals surface area contributed by atoms with Gasteiger partial charge in [-0.05, 0) is 20.9 Å². The highest BCUT2D eigenvalue weighted by molar-refractivity contribution is 7.13. The van der Waals surface area contributed by atoms with Gasteiger partial charge in [0.05, 0.1) is 16.7 Å². The van der Waals surface area contributed by atoms with Crippen molar-refractivity contribution in [3.05, 3.63) is 15.6 Å². The Morgan fingerprint density at radius 3 is 2.78 bits per heavy atom. The van der Waals surface area contributed by atoms with Crippen LogP contribution in [0.1, 0.15) is 20.4 Å². The van der Waals surface area contributed by atoms with Gasteiger partial charge in [-0.2, -0.15) is 0 Å². The molecular formula is C12H20N4OS. The molecule has 1 atom stereocenters. The summed E-state index contributed by atoms with van der Waals surface area (Å²) in [5.41, 5.74) is 6.61. The van der Waals surface area contributed by atoms with Crippen LogP contribution in [0, 0.1) is 13.8 Å². The third kappa shape index (κ3) is 2.55. The van der Waals surface area contributed by atoms with Crippen LogP contribution in [0.15, 0.2) is 0 Å². The molecule has 1 amide bonds. The molecule has 2 heterocycles. The fraction of sp³-hybridized carbons (Fsp3) is 0.667. The molecule has 5 nitrogen and oxygen atoms in total. The van der Waals surface area contributed by atoms with E-state index in [1.165, 1.54) is 11.3 Å². The van der Waals surface area contributed by atoms with Crippen molar-refractivity contribution >= 4 is 17.2 Å². The molecule has 0 saturated carbocycles. The molecule has 0 aliphatic carbocycles. The van der Waals surface area contributed by atoms with Crippen LogP contribution in [0.3, 0.4) is 0 Å². The molecular weight excluding hydrogens is 248 g/mol. The first-order chi connectivity index (χ1) is 8.52. The lowest BCUT2D eigenvalue weighted by molar-refractivity contribution is 0.0520. The Balaban J connectivity index is 2.20. The van der Waals surface area contributed by atoms with Crippen molar-refractivity contribution in [2.75, 3.05) is 33.2 Å². The number of carbonyl (C=O) groups excluding carboxylic acids is 1. The minimum absolute atomic E-state index is 0.0849. The number of hydrogen-bond donors (Lipinski definition) is 1. The first kappa shape index (κ1) is 13.5. The summed E-state index contributed by atoms with van der Waals surface area (Å²) in [6.07, 6.45) is 0. The molecule has 18 heavy (non-hydrogen) atoms. The first-order valence-electron chi connectivity index (χ1n) is 6.16. The highest BCUT2D eigenvalue weighted by Crippen LogP contribution is 2.21. The number of rotatable bonds is 2. The highest BCUT2D eigenvalue weighted by Gasteiger charge is 2.30. The van der Waals surface area contributed by atoms with Gasteiger partial charge in [-0.1, -0.05) is 0 Å². The largest absolute Gasteiger partial charge is 0.331 e. The molecule has 0 aromatic carbocycles. The van der Waals surface area contributed by atoms with Crippen LogP contribution < -0.4 is 5.73 Å². The van der Waals surface area contributed by atoms with E-state index in [0.29, 0.717) is 6.54 Å². The number of nitrogens with zero attached hydrogens (tertiary/aromatic N) is 3. The van der Waals surface area contributed by atoms with E-state index in [-0.39, 0.29) is 11.9 Å². The van der Waals surface area contributed by atoms with Crippen LogP contribution in [0.2, 0.25) is 0 Å². The maximum atomic E-state index is 12.5. The summed E-state index contributed by atoms with van der Waals surface area (Å²) < 4.78 is 0. The Morgan fingerprint density at radius 1 is 1.50 bits per heavy atom. The molecule has 0 radical (unpaired) electrons. The zero-order valence-corrected chi connectivity index (χ0v) is 12.0. The lowest BCUT2D eigenvalue weighted by Crippen LogP contribution is -2.56. The van der Waals surface area contributed by atoms with Gasteiger partial charge in [0.2, 0.25) is 0 Å². The van der Waals surface area contributed by atoms with Crippen LogP contribution in [-0.2, 0) is 0 Å². The molecule has 1 saturated heterocycles. The summed E-state index contributed by atoms with van der Waals surface area (Å²) in [4.78, 5) is 21.7. The average molecular weight is 268 g/mol. The maximum absolute atomic E-state index is 12.5. The molecule has 1 fully saturated rings. The van der Waals surface area contributed by atoms with Crippen molar-refractivity contribution in [3.63, 3.8) is 0 Å². The van der Waals surface area contributed by atoms with Crippen LogP contribution in [-0.4, -0.2) is 60.0 Å². The minimum Gasteiger partial charge on any atom is -0.331 e. The fourth-order valence-corrected chi connectivity index (χ4v) is 3.22. The normalized spacial score (nSPS) is 21.3. The predicted octanol–water partition coefficient (Wildman–Crippen LogP) is 0.475. The fourth-order valence-electron chi connectivity index (χ4n) is 2.34. The third-order valence-electron chi connectivity index (χ3n) is 3.32. The van der Waals surface area contributed by atoms with Gasteiger partial charge in [0.1, 0.15) is 4.88 Å². The molecule has 0 bridgehead atoms. The third-order valence-corrected chi connectivity index (χ3v) is 4.38. The minimum atomic E-state index is 0.0849. The molecule has 1 aliphatic rings. The SMILES string of the molecule is Cc1nc(C)c(C(=O)N2CCN(C)CC2CN)s1. The zero-order valence-electron chi connectivity index (χ0n) is 11.1. The topological polar surface area (TPSA) is 62.5 Å². The number of amides is 1. The van der Waals surface area contributed by atoms with Crippen LogP contribution in [0.4, 0.5) is 0 Å². The standard InChI is InChI=1S/C12H20N4OS/c1-8-11(18-9(2)14-8)12(17)16-5-4-15(3)7-10(16)6-13/h10H,4-7,13H2,1-3H3. The average Bonchev–Trinajstić information content (AvgIpc) is 2.67. The summed E-state index contributed by atoms with van der Waals surface area (Å²) in [5, 5.41) is 0.939. The van der Waals surface area contributed by atoms with Gasteiger partial charge in [-0.15, -0.1) is 11.3 Å². The zero-order chi connectivity index (χ0) is 13.3. The maximum Gasteiger partial charge on any atom is 0.266 e. The molecule has 2 N–H and O–H groups in total. The van der Waals surface area contributed by atoms with Crippen molar-refractivity contribution in [1.29, 1.82) is 0 Å². The first-order valence-corrected chi connectivity index (χ1v) is 6.98. The Kier molecular flexibility index (Phi) is 3.99. The second-order valence-corrected chi connectivity index (χ2v) is 6.00.